The van der Waals surface area contributed by atoms with Crippen molar-refractivity contribution in [2.24, 2.45) is 0 Å². The second kappa shape index (κ2) is 6.28. The molecule has 116 valence electrons. The van der Waals surface area contributed by atoms with Crippen LogP contribution in [0.2, 0.25) is 0 Å². The van der Waals surface area contributed by atoms with Crippen molar-refractivity contribution in [3.05, 3.63) is 32.6 Å². The van der Waals surface area contributed by atoms with E-state index in [1.807, 2.05) is 25.2 Å². The van der Waals surface area contributed by atoms with E-state index < -0.39 is 0 Å². The fraction of sp³-hybridized carbons (Fsp3) is 0.625. The Morgan fingerprint density at radius 1 is 1.00 bits per heavy atom. The van der Waals surface area contributed by atoms with Crippen molar-refractivity contribution in [3.63, 3.8) is 0 Å². The molecule has 0 amide bonds. The molecule has 0 bridgehead atoms. The first-order chi connectivity index (χ1) is 9.81. The molecule has 2 aromatic rings. The van der Waals surface area contributed by atoms with Gasteiger partial charge >= 0.3 is 0 Å². The number of hydrogen-bond donors (Lipinski definition) is 1. The zero-order chi connectivity index (χ0) is 15.7. The molecular formula is C16H25N3OS. The monoisotopic (exact) mass is 307 g/mol. The lowest BCUT2D eigenvalue weighted by atomic mass is 10.1. The summed E-state index contributed by atoms with van der Waals surface area (Å²) >= 11 is 1.81. The van der Waals surface area contributed by atoms with E-state index in [4.69, 9.17) is 4.52 Å². The summed E-state index contributed by atoms with van der Waals surface area (Å²) in [5.41, 5.74) is 3.26. The van der Waals surface area contributed by atoms with Gasteiger partial charge in [-0.2, -0.15) is 0 Å². The van der Waals surface area contributed by atoms with Crippen molar-refractivity contribution in [1.29, 1.82) is 0 Å². The maximum Gasteiger partial charge on any atom is 0.138 e. The number of hydrogen-bond acceptors (Lipinski definition) is 5. The van der Waals surface area contributed by atoms with E-state index in [1.54, 1.807) is 0 Å². The van der Waals surface area contributed by atoms with Gasteiger partial charge in [0.15, 0.2) is 0 Å². The van der Waals surface area contributed by atoms with Crippen molar-refractivity contribution < 1.29 is 4.52 Å². The predicted octanol–water partition coefficient (Wildman–Crippen LogP) is 4.59. The Morgan fingerprint density at radius 3 is 2.14 bits per heavy atom. The molecule has 0 radical (unpaired) electrons. The Labute approximate surface area is 131 Å². The van der Waals surface area contributed by atoms with Crippen molar-refractivity contribution in [1.82, 2.24) is 15.5 Å². The summed E-state index contributed by atoms with van der Waals surface area (Å²) in [5.74, 6) is 1.37. The Balaban J connectivity index is 2.16. The van der Waals surface area contributed by atoms with Crippen molar-refractivity contribution in [2.45, 2.75) is 66.5 Å². The van der Waals surface area contributed by atoms with Crippen LogP contribution in [0.25, 0.3) is 0 Å². The quantitative estimate of drug-likeness (QED) is 0.877. The zero-order valence-corrected chi connectivity index (χ0v) is 14.8. The molecule has 5 heteroatoms. The minimum atomic E-state index is 0.204. The Morgan fingerprint density at radius 2 is 1.67 bits per heavy atom. The Bertz CT molecular complexity index is 596. The smallest absolute Gasteiger partial charge is 0.138 e. The highest BCUT2D eigenvalue weighted by Gasteiger charge is 2.21. The van der Waals surface area contributed by atoms with Gasteiger partial charge in [0, 0.05) is 28.4 Å². The molecule has 2 rings (SSSR count). The van der Waals surface area contributed by atoms with Crippen LogP contribution >= 0.6 is 11.3 Å². The van der Waals surface area contributed by atoms with Gasteiger partial charge in [-0.3, -0.25) is 0 Å². The van der Waals surface area contributed by atoms with E-state index in [0.29, 0.717) is 5.92 Å². The van der Waals surface area contributed by atoms with E-state index in [9.17, 15) is 0 Å². The average molecular weight is 307 g/mol. The van der Waals surface area contributed by atoms with E-state index in [2.05, 4.69) is 50.1 Å². The van der Waals surface area contributed by atoms with Gasteiger partial charge in [-0.1, -0.05) is 19.0 Å². The molecule has 1 N–H and O–H groups in total. The predicted molar refractivity (Wildman–Crippen MR) is 86.9 cm³/mol. The SMILES string of the molecule is Cc1nc(C(C)C)sc1[C@@H](C)N[C@H](C)c1c(C)noc1C. The van der Waals surface area contributed by atoms with E-state index in [0.717, 1.165) is 22.7 Å². The molecule has 2 atom stereocenters. The molecule has 4 nitrogen and oxygen atoms in total. The maximum atomic E-state index is 5.26. The highest BCUT2D eigenvalue weighted by molar-refractivity contribution is 7.11. The van der Waals surface area contributed by atoms with E-state index >= 15 is 0 Å². The summed E-state index contributed by atoms with van der Waals surface area (Å²) in [4.78, 5) is 6.00. The van der Waals surface area contributed by atoms with Crippen LogP contribution in [0.15, 0.2) is 4.52 Å². The van der Waals surface area contributed by atoms with Gasteiger partial charge in [-0.05, 0) is 34.6 Å². The van der Waals surface area contributed by atoms with Crippen LogP contribution in [0.5, 0.6) is 0 Å². The minimum absolute atomic E-state index is 0.204. The lowest BCUT2D eigenvalue weighted by Crippen LogP contribution is -2.23. The highest BCUT2D eigenvalue weighted by atomic mass is 32.1. The topological polar surface area (TPSA) is 51.0 Å². The maximum absolute atomic E-state index is 5.26. The first-order valence-electron chi connectivity index (χ1n) is 7.47. The summed E-state index contributed by atoms with van der Waals surface area (Å²) in [7, 11) is 0. The van der Waals surface area contributed by atoms with Crippen molar-refractivity contribution >= 4 is 11.3 Å². The number of aryl methyl sites for hydroxylation is 3. The highest BCUT2D eigenvalue weighted by Crippen LogP contribution is 2.31. The van der Waals surface area contributed by atoms with E-state index in [1.165, 1.54) is 9.88 Å². The van der Waals surface area contributed by atoms with Gasteiger partial charge in [-0.25, -0.2) is 4.98 Å². The number of aromatic nitrogens is 2. The molecule has 0 saturated heterocycles. The first kappa shape index (κ1) is 16.2. The third-order valence-corrected chi connectivity index (χ3v) is 5.40. The molecule has 0 spiro atoms. The summed E-state index contributed by atoms with van der Waals surface area (Å²) in [6, 6.07) is 0.467. The van der Waals surface area contributed by atoms with Gasteiger partial charge in [0.05, 0.1) is 16.4 Å². The zero-order valence-electron chi connectivity index (χ0n) is 13.9. The lowest BCUT2D eigenvalue weighted by molar-refractivity contribution is 0.389. The minimum Gasteiger partial charge on any atom is -0.361 e. The second-order valence-corrected chi connectivity index (χ2v) is 7.07. The fourth-order valence-electron chi connectivity index (χ4n) is 2.72. The normalized spacial score (nSPS) is 14.7. The molecule has 2 heterocycles. The van der Waals surface area contributed by atoms with Gasteiger partial charge in [0.25, 0.3) is 0 Å². The average Bonchev–Trinajstić information content (AvgIpc) is 2.93. The van der Waals surface area contributed by atoms with Gasteiger partial charge in [-0.15, -0.1) is 11.3 Å². The summed E-state index contributed by atoms with van der Waals surface area (Å²) < 4.78 is 5.26. The van der Waals surface area contributed by atoms with Crippen LogP contribution in [0.4, 0.5) is 0 Å². The van der Waals surface area contributed by atoms with E-state index in [-0.39, 0.29) is 12.1 Å². The molecule has 0 saturated carbocycles. The van der Waals surface area contributed by atoms with Crippen LogP contribution in [0.3, 0.4) is 0 Å². The molecule has 0 aliphatic rings. The largest absolute Gasteiger partial charge is 0.361 e. The van der Waals surface area contributed by atoms with Crippen LogP contribution in [0, 0.1) is 20.8 Å². The number of nitrogens with one attached hydrogen (secondary N) is 1. The van der Waals surface area contributed by atoms with Gasteiger partial charge < -0.3 is 9.84 Å². The molecular weight excluding hydrogens is 282 g/mol. The number of thiazole rings is 1. The number of nitrogens with zero attached hydrogens (tertiary/aromatic N) is 2. The number of rotatable bonds is 5. The Kier molecular flexibility index (Phi) is 4.84. The molecule has 0 aliphatic carbocycles. The molecule has 2 aromatic heterocycles. The summed E-state index contributed by atoms with van der Waals surface area (Å²) in [6.45, 7) is 14.8. The van der Waals surface area contributed by atoms with Gasteiger partial charge in [0.1, 0.15) is 5.76 Å². The standard InChI is InChI=1S/C16H25N3OS/c1-8(2)16-18-12(6)15(21-16)11(5)17-9(3)14-10(4)19-20-13(14)7/h8-9,11,17H,1-7H3/t9-,11-/m1/s1. The molecule has 0 unspecified atom stereocenters. The van der Waals surface area contributed by atoms with Crippen molar-refractivity contribution in [2.75, 3.05) is 0 Å². The fourth-order valence-corrected chi connectivity index (χ4v) is 3.80. The van der Waals surface area contributed by atoms with Crippen molar-refractivity contribution in [3.8, 4) is 0 Å². The molecule has 0 fully saturated rings. The first-order valence-corrected chi connectivity index (χ1v) is 8.29. The molecule has 21 heavy (non-hydrogen) atoms. The van der Waals surface area contributed by atoms with Crippen LogP contribution < -0.4 is 5.32 Å². The van der Waals surface area contributed by atoms with Crippen LogP contribution in [-0.4, -0.2) is 10.1 Å². The Hall–Kier alpha value is -1.20. The van der Waals surface area contributed by atoms with Crippen LogP contribution in [-0.2, 0) is 0 Å². The van der Waals surface area contributed by atoms with Gasteiger partial charge in [0.2, 0.25) is 0 Å². The second-order valence-electron chi connectivity index (χ2n) is 6.00. The molecule has 0 aromatic carbocycles. The summed E-state index contributed by atoms with van der Waals surface area (Å²) in [6.07, 6.45) is 0. The lowest BCUT2D eigenvalue weighted by Gasteiger charge is -2.19. The van der Waals surface area contributed by atoms with Crippen LogP contribution in [0.1, 0.15) is 78.3 Å². The third-order valence-electron chi connectivity index (χ3n) is 3.76. The third kappa shape index (κ3) is 3.35. The summed E-state index contributed by atoms with van der Waals surface area (Å²) in [5, 5.41) is 8.89. The molecule has 0 aliphatic heterocycles.